The summed E-state index contributed by atoms with van der Waals surface area (Å²) in [7, 11) is 0. The van der Waals surface area contributed by atoms with Gasteiger partial charge in [-0.25, -0.2) is 14.6 Å². The van der Waals surface area contributed by atoms with E-state index in [1.807, 2.05) is 32.2 Å². The lowest BCUT2D eigenvalue weighted by Gasteiger charge is -2.04. The number of carbonyl (C=O) groups excluding carboxylic acids is 1. The number of anilines is 1. The molecule has 0 aliphatic heterocycles. The number of nitrogens with one attached hydrogen (secondary N) is 1. The maximum Gasteiger partial charge on any atom is 0.247 e. The summed E-state index contributed by atoms with van der Waals surface area (Å²) in [5.74, 6) is 0.473. The molecule has 1 saturated carbocycles. The van der Waals surface area contributed by atoms with Gasteiger partial charge in [-0.1, -0.05) is 17.4 Å². The fourth-order valence-corrected chi connectivity index (χ4v) is 4.52. The molecular formula is C20H19N5OS. The van der Waals surface area contributed by atoms with E-state index in [-0.39, 0.29) is 12.5 Å². The zero-order chi connectivity index (χ0) is 18.5. The molecule has 136 valence electrons. The van der Waals surface area contributed by atoms with Gasteiger partial charge in [-0.05, 0) is 61.9 Å². The molecule has 3 heterocycles. The molecule has 0 bridgehead atoms. The predicted molar refractivity (Wildman–Crippen MR) is 107 cm³/mol. The molecule has 27 heavy (non-hydrogen) atoms. The maximum atomic E-state index is 12.6. The molecule has 1 aliphatic carbocycles. The van der Waals surface area contributed by atoms with Gasteiger partial charge in [-0.3, -0.25) is 4.79 Å². The van der Waals surface area contributed by atoms with E-state index < -0.39 is 0 Å². The number of aromatic nitrogens is 4. The highest BCUT2D eigenvalue weighted by Gasteiger charge is 2.27. The molecule has 0 saturated heterocycles. The van der Waals surface area contributed by atoms with Gasteiger partial charge >= 0.3 is 0 Å². The van der Waals surface area contributed by atoms with E-state index in [0.717, 1.165) is 26.9 Å². The molecule has 0 unspecified atom stereocenters. The van der Waals surface area contributed by atoms with Crippen molar-refractivity contribution in [3.63, 3.8) is 0 Å². The quantitative estimate of drug-likeness (QED) is 0.579. The van der Waals surface area contributed by atoms with Gasteiger partial charge in [0, 0.05) is 11.6 Å². The molecule has 0 radical (unpaired) electrons. The highest BCUT2D eigenvalue weighted by Crippen LogP contribution is 2.43. The van der Waals surface area contributed by atoms with Crippen molar-refractivity contribution in [1.29, 1.82) is 0 Å². The first-order chi connectivity index (χ1) is 13.1. The van der Waals surface area contributed by atoms with E-state index >= 15 is 0 Å². The Kier molecular flexibility index (Phi) is 3.72. The number of benzene rings is 1. The molecular weight excluding hydrogens is 358 g/mol. The van der Waals surface area contributed by atoms with Crippen LogP contribution in [0.2, 0.25) is 0 Å². The smallest absolute Gasteiger partial charge is 0.247 e. The second-order valence-electron chi connectivity index (χ2n) is 7.15. The highest BCUT2D eigenvalue weighted by atomic mass is 32.1. The lowest BCUT2D eigenvalue weighted by molar-refractivity contribution is -0.116. The number of pyridine rings is 1. The van der Waals surface area contributed by atoms with Gasteiger partial charge in [0.1, 0.15) is 6.54 Å². The molecule has 0 spiro atoms. The minimum absolute atomic E-state index is 0.125. The van der Waals surface area contributed by atoms with Gasteiger partial charge in [0.25, 0.3) is 0 Å². The SMILES string of the molecule is Cc1ccc2nc(NC(=O)Cn3nc(C)c4c(C5CC5)ccnc43)sc2c1. The zero-order valence-corrected chi connectivity index (χ0v) is 16.0. The predicted octanol–water partition coefficient (Wildman–Crippen LogP) is 4.17. The Bertz CT molecular complexity index is 1190. The molecule has 3 aromatic heterocycles. The normalized spacial score (nSPS) is 14.1. The van der Waals surface area contributed by atoms with E-state index in [9.17, 15) is 4.79 Å². The van der Waals surface area contributed by atoms with E-state index in [1.165, 1.54) is 35.3 Å². The largest absolute Gasteiger partial charge is 0.300 e. The van der Waals surface area contributed by atoms with Gasteiger partial charge in [0.05, 0.1) is 15.9 Å². The Balaban J connectivity index is 1.41. The Labute approximate surface area is 160 Å². The molecule has 5 rings (SSSR count). The minimum atomic E-state index is -0.145. The molecule has 6 nitrogen and oxygen atoms in total. The molecule has 1 aromatic carbocycles. The summed E-state index contributed by atoms with van der Waals surface area (Å²) in [6.45, 7) is 4.16. The molecule has 1 aliphatic rings. The van der Waals surface area contributed by atoms with E-state index in [0.29, 0.717) is 11.0 Å². The Morgan fingerprint density at radius 3 is 2.96 bits per heavy atom. The van der Waals surface area contributed by atoms with Crippen molar-refractivity contribution in [2.45, 2.75) is 39.2 Å². The fourth-order valence-electron chi connectivity index (χ4n) is 3.53. The number of hydrogen-bond donors (Lipinski definition) is 1. The lowest BCUT2D eigenvalue weighted by Crippen LogP contribution is -2.19. The summed E-state index contributed by atoms with van der Waals surface area (Å²) >= 11 is 1.49. The average Bonchev–Trinajstić information content (AvgIpc) is 3.34. The van der Waals surface area contributed by atoms with Gasteiger partial charge in [-0.2, -0.15) is 5.10 Å². The summed E-state index contributed by atoms with van der Waals surface area (Å²) in [6.07, 6.45) is 4.27. The molecule has 7 heteroatoms. The number of nitrogens with zero attached hydrogens (tertiary/aromatic N) is 4. The third kappa shape index (κ3) is 2.98. The van der Waals surface area contributed by atoms with Gasteiger partial charge in [0.15, 0.2) is 10.8 Å². The topological polar surface area (TPSA) is 72.7 Å². The van der Waals surface area contributed by atoms with Crippen molar-refractivity contribution >= 4 is 43.6 Å². The monoisotopic (exact) mass is 377 g/mol. The summed E-state index contributed by atoms with van der Waals surface area (Å²) in [5.41, 5.74) is 5.11. The standard InChI is InChI=1S/C20H19N5OS/c1-11-3-6-15-16(9-11)27-20(22-15)23-17(26)10-25-19-18(12(2)24-25)14(7-8-21-19)13-4-5-13/h3,6-9,13H,4-5,10H2,1-2H3,(H,22,23,26). The van der Waals surface area contributed by atoms with Gasteiger partial charge in [-0.15, -0.1) is 0 Å². The van der Waals surface area contributed by atoms with Crippen molar-refractivity contribution < 1.29 is 4.79 Å². The van der Waals surface area contributed by atoms with Crippen molar-refractivity contribution in [3.05, 3.63) is 47.3 Å². The number of fused-ring (bicyclic) bond motifs is 2. The van der Waals surface area contributed by atoms with Crippen LogP contribution >= 0.6 is 11.3 Å². The van der Waals surface area contributed by atoms with E-state index in [1.54, 1.807) is 4.68 Å². The van der Waals surface area contributed by atoms with Crippen LogP contribution in [0.5, 0.6) is 0 Å². The van der Waals surface area contributed by atoms with Crippen LogP contribution in [0.3, 0.4) is 0 Å². The maximum absolute atomic E-state index is 12.6. The summed E-state index contributed by atoms with van der Waals surface area (Å²) in [6, 6.07) is 8.17. The van der Waals surface area contributed by atoms with E-state index in [4.69, 9.17) is 0 Å². The second kappa shape index (κ2) is 6.13. The van der Waals surface area contributed by atoms with Crippen LogP contribution in [0, 0.1) is 13.8 Å². The molecule has 4 aromatic rings. The van der Waals surface area contributed by atoms with Crippen LogP contribution in [0.25, 0.3) is 21.3 Å². The highest BCUT2D eigenvalue weighted by molar-refractivity contribution is 7.22. The van der Waals surface area contributed by atoms with E-state index in [2.05, 4.69) is 32.5 Å². The zero-order valence-electron chi connectivity index (χ0n) is 15.2. The van der Waals surface area contributed by atoms with Crippen molar-refractivity contribution in [2.75, 3.05) is 5.32 Å². The molecule has 1 fully saturated rings. The third-order valence-electron chi connectivity index (χ3n) is 4.94. The first kappa shape index (κ1) is 16.4. The average molecular weight is 377 g/mol. The second-order valence-corrected chi connectivity index (χ2v) is 8.19. The molecule has 1 N–H and O–H groups in total. The number of amides is 1. The van der Waals surface area contributed by atoms with Crippen LogP contribution in [0.4, 0.5) is 5.13 Å². The third-order valence-corrected chi connectivity index (χ3v) is 5.87. The summed E-state index contributed by atoms with van der Waals surface area (Å²) in [5, 5.41) is 9.19. The van der Waals surface area contributed by atoms with Crippen molar-refractivity contribution in [3.8, 4) is 0 Å². The van der Waals surface area contributed by atoms with Gasteiger partial charge in [0.2, 0.25) is 5.91 Å². The minimum Gasteiger partial charge on any atom is -0.300 e. The lowest BCUT2D eigenvalue weighted by atomic mass is 10.1. The van der Waals surface area contributed by atoms with Crippen LogP contribution in [0.15, 0.2) is 30.5 Å². The number of thiazole rings is 1. The Morgan fingerprint density at radius 1 is 1.30 bits per heavy atom. The van der Waals surface area contributed by atoms with Crippen LogP contribution < -0.4 is 5.32 Å². The summed E-state index contributed by atoms with van der Waals surface area (Å²) in [4.78, 5) is 21.6. The number of carbonyl (C=O) groups is 1. The van der Waals surface area contributed by atoms with Crippen molar-refractivity contribution in [2.24, 2.45) is 0 Å². The number of hydrogen-bond acceptors (Lipinski definition) is 5. The summed E-state index contributed by atoms with van der Waals surface area (Å²) < 4.78 is 2.77. The van der Waals surface area contributed by atoms with Crippen LogP contribution in [0.1, 0.15) is 35.6 Å². The first-order valence-corrected chi connectivity index (χ1v) is 9.89. The van der Waals surface area contributed by atoms with Crippen molar-refractivity contribution in [1.82, 2.24) is 19.7 Å². The van der Waals surface area contributed by atoms with Gasteiger partial charge < -0.3 is 5.32 Å². The molecule has 0 atom stereocenters. The number of rotatable bonds is 4. The van der Waals surface area contributed by atoms with Crippen LogP contribution in [-0.4, -0.2) is 25.7 Å². The Morgan fingerprint density at radius 2 is 2.15 bits per heavy atom. The Hall–Kier alpha value is -2.80. The molecule has 1 amide bonds. The fraction of sp³-hybridized carbons (Fsp3) is 0.300. The van der Waals surface area contributed by atoms with Crippen LogP contribution in [-0.2, 0) is 11.3 Å². The first-order valence-electron chi connectivity index (χ1n) is 9.07. The number of aryl methyl sites for hydroxylation is 2.